The predicted octanol–water partition coefficient (Wildman–Crippen LogP) is 3.16. The van der Waals surface area contributed by atoms with Gasteiger partial charge in [0.1, 0.15) is 11.6 Å². The Morgan fingerprint density at radius 3 is 2.64 bits per heavy atom. The third kappa shape index (κ3) is 4.89. The number of amides is 1. The second-order valence-corrected chi connectivity index (χ2v) is 8.96. The lowest BCUT2D eigenvalue weighted by atomic mass is 9.96. The van der Waals surface area contributed by atoms with E-state index in [4.69, 9.17) is 14.5 Å². The smallest absolute Gasteiger partial charge is 0.227 e. The van der Waals surface area contributed by atoms with Crippen molar-refractivity contribution in [3.63, 3.8) is 0 Å². The minimum absolute atomic E-state index is 0.0660. The van der Waals surface area contributed by atoms with Crippen molar-refractivity contribution >= 4 is 16.9 Å². The number of imidazole rings is 1. The maximum Gasteiger partial charge on any atom is 0.227 e. The molecule has 0 radical (unpaired) electrons. The van der Waals surface area contributed by atoms with Crippen LogP contribution in [-0.4, -0.2) is 71.8 Å². The molecule has 3 aromatic rings. The highest BCUT2D eigenvalue weighted by Gasteiger charge is 2.30. The highest BCUT2D eigenvalue weighted by molar-refractivity contribution is 5.79. The van der Waals surface area contributed by atoms with E-state index < -0.39 is 0 Å². The van der Waals surface area contributed by atoms with Crippen LogP contribution >= 0.6 is 0 Å². The average Bonchev–Trinajstić information content (AvgIpc) is 3.21. The van der Waals surface area contributed by atoms with Crippen LogP contribution in [0.15, 0.2) is 48.5 Å². The van der Waals surface area contributed by atoms with Crippen LogP contribution in [-0.2, 0) is 22.6 Å². The van der Waals surface area contributed by atoms with E-state index >= 15 is 0 Å². The van der Waals surface area contributed by atoms with Crippen LogP contribution in [0.1, 0.15) is 24.2 Å². The molecular weight excluding hydrogens is 416 g/mol. The molecule has 0 aliphatic carbocycles. The first-order valence-electron chi connectivity index (χ1n) is 11.9. The molecule has 5 rings (SSSR count). The lowest BCUT2D eigenvalue weighted by Crippen LogP contribution is -2.48. The minimum atomic E-state index is 0.0660. The summed E-state index contributed by atoms with van der Waals surface area (Å²) in [6, 6.07) is 16.5. The van der Waals surface area contributed by atoms with Gasteiger partial charge < -0.3 is 18.9 Å². The van der Waals surface area contributed by atoms with Crippen molar-refractivity contribution in [3.05, 3.63) is 59.9 Å². The zero-order valence-electron chi connectivity index (χ0n) is 19.3. The van der Waals surface area contributed by atoms with Crippen molar-refractivity contribution < 1.29 is 14.3 Å². The van der Waals surface area contributed by atoms with Gasteiger partial charge in [0.15, 0.2) is 0 Å². The Bertz CT molecular complexity index is 1090. The molecular formula is C26H32N4O3. The number of hydrogen-bond acceptors (Lipinski definition) is 5. The van der Waals surface area contributed by atoms with Gasteiger partial charge in [0.2, 0.25) is 5.91 Å². The van der Waals surface area contributed by atoms with Crippen LogP contribution in [0.4, 0.5) is 0 Å². The zero-order valence-corrected chi connectivity index (χ0v) is 19.3. The number of aromatic nitrogens is 2. The van der Waals surface area contributed by atoms with Gasteiger partial charge in [0.25, 0.3) is 0 Å². The van der Waals surface area contributed by atoms with Crippen LogP contribution in [0.25, 0.3) is 11.0 Å². The van der Waals surface area contributed by atoms with Gasteiger partial charge in [-0.3, -0.25) is 9.69 Å². The van der Waals surface area contributed by atoms with Gasteiger partial charge in [-0.2, -0.15) is 0 Å². The normalized spacial score (nSPS) is 19.7. The molecule has 1 amide bonds. The van der Waals surface area contributed by atoms with E-state index in [-0.39, 0.29) is 11.8 Å². The van der Waals surface area contributed by atoms with Crippen LogP contribution in [0.3, 0.4) is 0 Å². The maximum absolute atomic E-state index is 13.1. The van der Waals surface area contributed by atoms with Crippen molar-refractivity contribution in [1.29, 1.82) is 0 Å². The van der Waals surface area contributed by atoms with Crippen molar-refractivity contribution in [1.82, 2.24) is 19.4 Å². The molecule has 174 valence electrons. The number of fused-ring (bicyclic) bond motifs is 1. The average molecular weight is 449 g/mol. The van der Waals surface area contributed by atoms with Crippen molar-refractivity contribution in [2.75, 3.05) is 46.5 Å². The highest BCUT2D eigenvalue weighted by Crippen LogP contribution is 2.24. The molecule has 0 bridgehead atoms. The Labute approximate surface area is 194 Å². The number of rotatable bonds is 6. The highest BCUT2D eigenvalue weighted by atomic mass is 16.5. The van der Waals surface area contributed by atoms with Crippen molar-refractivity contribution in [2.45, 2.75) is 25.9 Å². The molecule has 0 spiro atoms. The fourth-order valence-electron chi connectivity index (χ4n) is 4.98. The van der Waals surface area contributed by atoms with Crippen LogP contribution in [0.2, 0.25) is 0 Å². The molecule has 2 aromatic carbocycles. The molecule has 0 N–H and O–H groups in total. The van der Waals surface area contributed by atoms with Gasteiger partial charge in [-0.05, 0) is 49.2 Å². The van der Waals surface area contributed by atoms with E-state index in [9.17, 15) is 4.79 Å². The van der Waals surface area contributed by atoms with E-state index in [0.717, 1.165) is 61.6 Å². The molecule has 1 atom stereocenters. The Hall–Kier alpha value is -2.90. The van der Waals surface area contributed by atoms with Crippen LogP contribution < -0.4 is 4.74 Å². The van der Waals surface area contributed by atoms with Gasteiger partial charge in [-0.15, -0.1) is 0 Å². The summed E-state index contributed by atoms with van der Waals surface area (Å²) >= 11 is 0. The second-order valence-electron chi connectivity index (χ2n) is 8.96. The zero-order chi connectivity index (χ0) is 22.6. The molecule has 33 heavy (non-hydrogen) atoms. The van der Waals surface area contributed by atoms with Crippen molar-refractivity contribution in [2.24, 2.45) is 5.92 Å². The molecule has 2 aliphatic rings. The minimum Gasteiger partial charge on any atom is -0.497 e. The van der Waals surface area contributed by atoms with Gasteiger partial charge in [-0.25, -0.2) is 4.98 Å². The van der Waals surface area contributed by atoms with Gasteiger partial charge >= 0.3 is 0 Å². The number of ether oxygens (including phenoxy) is 2. The Balaban J connectivity index is 1.34. The van der Waals surface area contributed by atoms with Gasteiger partial charge in [-0.1, -0.05) is 24.3 Å². The summed E-state index contributed by atoms with van der Waals surface area (Å²) < 4.78 is 13.0. The molecule has 2 fully saturated rings. The summed E-state index contributed by atoms with van der Waals surface area (Å²) in [5.41, 5.74) is 3.36. The predicted molar refractivity (Wildman–Crippen MR) is 127 cm³/mol. The SMILES string of the molecule is COc1ccc(Cn2c(CN3CCC[C@H](C(=O)N4CCOCC4)C3)nc3ccccc32)cc1. The first kappa shape index (κ1) is 21.9. The number of likely N-dealkylation sites (tertiary alicyclic amines) is 1. The number of benzene rings is 2. The van der Waals surface area contributed by atoms with Crippen LogP contribution in [0.5, 0.6) is 5.75 Å². The molecule has 1 aromatic heterocycles. The number of para-hydroxylation sites is 2. The number of morpholine rings is 1. The molecule has 3 heterocycles. The second kappa shape index (κ2) is 9.93. The quantitative estimate of drug-likeness (QED) is 0.580. The summed E-state index contributed by atoms with van der Waals surface area (Å²) in [6.45, 7) is 6.03. The van der Waals surface area contributed by atoms with E-state index in [0.29, 0.717) is 26.3 Å². The summed E-state index contributed by atoms with van der Waals surface area (Å²) in [5.74, 6) is 2.26. The van der Waals surface area contributed by atoms with Gasteiger partial charge in [0.05, 0.1) is 43.8 Å². The first-order valence-corrected chi connectivity index (χ1v) is 11.9. The van der Waals surface area contributed by atoms with Crippen LogP contribution in [0, 0.1) is 5.92 Å². The maximum atomic E-state index is 13.1. The molecule has 2 saturated heterocycles. The lowest BCUT2D eigenvalue weighted by Gasteiger charge is -2.36. The van der Waals surface area contributed by atoms with Crippen molar-refractivity contribution in [3.8, 4) is 5.75 Å². The largest absolute Gasteiger partial charge is 0.497 e. The van der Waals surface area contributed by atoms with E-state index in [1.807, 2.05) is 23.1 Å². The molecule has 2 aliphatic heterocycles. The Morgan fingerprint density at radius 2 is 1.85 bits per heavy atom. The number of carbonyl (C=O) groups excluding carboxylic acids is 1. The number of carbonyl (C=O) groups is 1. The lowest BCUT2D eigenvalue weighted by molar-refractivity contribution is -0.141. The number of piperidine rings is 1. The monoisotopic (exact) mass is 448 g/mol. The Kier molecular flexibility index (Phi) is 6.60. The molecule has 7 heteroatoms. The fraction of sp³-hybridized carbons (Fsp3) is 0.462. The summed E-state index contributed by atoms with van der Waals surface area (Å²) in [7, 11) is 1.69. The number of methoxy groups -OCH3 is 1. The molecule has 7 nitrogen and oxygen atoms in total. The number of nitrogens with zero attached hydrogens (tertiary/aromatic N) is 4. The van der Waals surface area contributed by atoms with E-state index in [2.05, 4.69) is 39.8 Å². The van der Waals surface area contributed by atoms with Gasteiger partial charge in [0, 0.05) is 26.2 Å². The third-order valence-electron chi connectivity index (χ3n) is 6.78. The summed E-state index contributed by atoms with van der Waals surface area (Å²) in [6.07, 6.45) is 2.01. The van der Waals surface area contributed by atoms with E-state index in [1.165, 1.54) is 5.56 Å². The third-order valence-corrected chi connectivity index (χ3v) is 6.78. The topological polar surface area (TPSA) is 59.8 Å². The number of hydrogen-bond donors (Lipinski definition) is 0. The van der Waals surface area contributed by atoms with E-state index in [1.54, 1.807) is 7.11 Å². The first-order chi connectivity index (χ1) is 16.2. The fourth-order valence-corrected chi connectivity index (χ4v) is 4.98. The Morgan fingerprint density at radius 1 is 1.06 bits per heavy atom. The molecule has 0 saturated carbocycles. The standard InChI is InChI=1S/C26H32N4O3/c1-32-22-10-8-20(9-11-22)17-30-24-7-3-2-6-23(24)27-25(30)19-28-12-4-5-21(18-28)26(31)29-13-15-33-16-14-29/h2-3,6-11,21H,4-5,12-19H2,1H3/t21-/m0/s1. The molecule has 0 unspecified atom stereocenters. The summed E-state index contributed by atoms with van der Waals surface area (Å²) in [4.78, 5) is 22.4. The summed E-state index contributed by atoms with van der Waals surface area (Å²) in [5, 5.41) is 0.